The molecule has 6 N–H and O–H groups in total. The van der Waals surface area contributed by atoms with Gasteiger partial charge in [0, 0.05) is 56.1 Å². The number of piperidine rings is 1. The summed E-state index contributed by atoms with van der Waals surface area (Å²) in [5.74, 6) is 2.35. The van der Waals surface area contributed by atoms with Crippen molar-refractivity contribution in [2.24, 2.45) is 5.73 Å². The number of hydrogen-bond acceptors (Lipinski definition) is 14. The summed E-state index contributed by atoms with van der Waals surface area (Å²) in [7, 11) is -1.87. The van der Waals surface area contributed by atoms with Crippen LogP contribution < -0.4 is 31.2 Å². The Balaban J connectivity index is 1.00. The molecule has 2 aromatic heterocycles. The number of nitrogens with two attached hydrogens (primary N) is 1. The lowest BCUT2D eigenvalue weighted by molar-refractivity contribution is 0.278. The number of ether oxygens (including phenoxy) is 2. The Bertz CT molecular complexity index is 2720. The van der Waals surface area contributed by atoms with Crippen molar-refractivity contribution in [2.75, 3.05) is 69.8 Å². The average molecular weight is 978 g/mol. The lowest BCUT2D eigenvalue weighted by atomic mass is 10.0. The van der Waals surface area contributed by atoms with E-state index in [1.165, 1.54) is 26.2 Å². The maximum Gasteiger partial charge on any atom is 0.223 e. The SMILES string of the molecule is CCN(CCCN)Cc1cccc(-c2nc(NCCc3ccc(OC)c(O)c3)ncc2Oc2ccc(CCNc3nccc(-c4cccc(CN(CCC5CCCCN5)S(C)(=O)=O)c4)n3)cc2Cl)c1. The summed E-state index contributed by atoms with van der Waals surface area (Å²) < 4.78 is 38.8. The Morgan fingerprint density at radius 3 is 2.22 bits per heavy atom. The zero-order valence-corrected chi connectivity index (χ0v) is 41.4. The van der Waals surface area contributed by atoms with Crippen molar-refractivity contribution in [3.8, 4) is 45.5 Å². The fourth-order valence-corrected chi connectivity index (χ4v) is 9.44. The van der Waals surface area contributed by atoms with Gasteiger partial charge in [0.15, 0.2) is 17.2 Å². The summed E-state index contributed by atoms with van der Waals surface area (Å²) in [6.07, 6.45) is 11.1. The monoisotopic (exact) mass is 976 g/mol. The molecule has 1 unspecified atom stereocenters. The van der Waals surface area contributed by atoms with E-state index >= 15 is 0 Å². The van der Waals surface area contributed by atoms with Crippen LogP contribution in [0.3, 0.4) is 0 Å². The number of phenols is 1. The molecule has 1 fully saturated rings. The standard InChI is InChI=1S/C52H65ClN10O5S/c1-4-62(28-9-23-54)35-39-10-8-13-42(31-39)50-49(34-59-52(61-50)57-26-20-38-16-18-48(67-2)46(64)33-38)68-47-17-15-37(32-44(47)53)19-25-56-51-58-27-21-45(60-51)41-12-7-11-40(30-41)36-63(69(3,65)66)29-22-43-14-5-6-24-55-43/h7-8,10-13,15-18,21,27,30-34,43,55,64H,4-6,9,14,19-20,22-26,28-29,35-36,54H2,1-3H3,(H,56,58,60)(H,57,59,61). The molecule has 17 heteroatoms. The molecule has 0 amide bonds. The molecular weight excluding hydrogens is 912 g/mol. The molecule has 1 aliphatic rings. The molecule has 0 spiro atoms. The van der Waals surface area contributed by atoms with E-state index in [4.69, 9.17) is 36.8 Å². The van der Waals surface area contributed by atoms with Gasteiger partial charge >= 0.3 is 0 Å². The van der Waals surface area contributed by atoms with E-state index in [0.717, 1.165) is 84.5 Å². The summed E-state index contributed by atoms with van der Waals surface area (Å²) in [5, 5.41) is 20.9. The van der Waals surface area contributed by atoms with Crippen LogP contribution >= 0.6 is 11.6 Å². The molecular formula is C52H65ClN10O5S. The molecule has 0 bridgehead atoms. The number of anilines is 2. The number of aromatic hydroxyl groups is 1. The van der Waals surface area contributed by atoms with Crippen LogP contribution in [0.4, 0.5) is 11.9 Å². The van der Waals surface area contributed by atoms with E-state index in [1.54, 1.807) is 28.8 Å². The Morgan fingerprint density at radius 1 is 0.826 bits per heavy atom. The number of phenolic OH excluding ortho intramolecular Hbond substituents is 1. The van der Waals surface area contributed by atoms with E-state index in [9.17, 15) is 13.5 Å². The second kappa shape index (κ2) is 25.1. The molecule has 69 heavy (non-hydrogen) atoms. The van der Waals surface area contributed by atoms with Crippen LogP contribution in [0.15, 0.2) is 103 Å². The maximum atomic E-state index is 12.8. The molecule has 366 valence electrons. The van der Waals surface area contributed by atoms with Gasteiger partial charge in [0.1, 0.15) is 11.4 Å². The predicted octanol–water partition coefficient (Wildman–Crippen LogP) is 8.53. The van der Waals surface area contributed by atoms with Crippen molar-refractivity contribution in [3.05, 3.63) is 131 Å². The van der Waals surface area contributed by atoms with Crippen molar-refractivity contribution in [1.29, 1.82) is 0 Å². The van der Waals surface area contributed by atoms with Crippen LogP contribution in [-0.2, 0) is 36.0 Å². The summed E-state index contributed by atoms with van der Waals surface area (Å²) in [6.45, 7) is 8.21. The highest BCUT2D eigenvalue weighted by molar-refractivity contribution is 7.88. The first-order valence-electron chi connectivity index (χ1n) is 23.8. The average Bonchev–Trinajstić information content (AvgIpc) is 3.35. The Morgan fingerprint density at radius 2 is 1.54 bits per heavy atom. The number of halogens is 1. The topological polar surface area (TPSA) is 193 Å². The van der Waals surface area contributed by atoms with E-state index in [-0.39, 0.29) is 5.75 Å². The van der Waals surface area contributed by atoms with Crippen LogP contribution in [0, 0.1) is 0 Å². The molecule has 1 atom stereocenters. The molecule has 4 aromatic carbocycles. The predicted molar refractivity (Wildman–Crippen MR) is 276 cm³/mol. The number of benzene rings is 4. The largest absolute Gasteiger partial charge is 0.504 e. The third-order valence-corrected chi connectivity index (χ3v) is 13.7. The summed E-state index contributed by atoms with van der Waals surface area (Å²) in [6, 6.07) is 29.4. The molecule has 0 aliphatic carbocycles. The number of nitrogens with zero attached hydrogens (tertiary/aromatic N) is 6. The van der Waals surface area contributed by atoms with Crippen molar-refractivity contribution >= 4 is 33.5 Å². The van der Waals surface area contributed by atoms with Crippen molar-refractivity contribution in [2.45, 2.75) is 71.0 Å². The molecule has 1 saturated heterocycles. The van der Waals surface area contributed by atoms with Gasteiger partial charge in [-0.05, 0) is 129 Å². The fraction of sp³-hybridized carbons (Fsp3) is 0.385. The second-order valence-electron chi connectivity index (χ2n) is 17.3. The van der Waals surface area contributed by atoms with Gasteiger partial charge < -0.3 is 36.3 Å². The Hall–Kier alpha value is -5.88. The highest BCUT2D eigenvalue weighted by Crippen LogP contribution is 2.36. The number of aromatic nitrogens is 4. The number of methoxy groups -OCH3 is 1. The quantitative estimate of drug-likeness (QED) is 0.0367. The van der Waals surface area contributed by atoms with Gasteiger partial charge in [-0.3, -0.25) is 4.90 Å². The van der Waals surface area contributed by atoms with E-state index in [2.05, 4.69) is 49.9 Å². The Labute approximate surface area is 411 Å². The highest BCUT2D eigenvalue weighted by atomic mass is 35.5. The minimum Gasteiger partial charge on any atom is -0.504 e. The van der Waals surface area contributed by atoms with Crippen LogP contribution in [-0.4, -0.2) is 108 Å². The highest BCUT2D eigenvalue weighted by Gasteiger charge is 2.21. The van der Waals surface area contributed by atoms with Crippen molar-refractivity contribution < 1.29 is 23.0 Å². The third-order valence-electron chi connectivity index (χ3n) is 12.2. The van der Waals surface area contributed by atoms with Crippen molar-refractivity contribution in [3.63, 3.8) is 0 Å². The molecule has 0 saturated carbocycles. The second-order valence-corrected chi connectivity index (χ2v) is 19.7. The van der Waals surface area contributed by atoms with Crippen LogP contribution in [0.25, 0.3) is 22.5 Å². The number of sulfonamides is 1. The number of hydrogen-bond donors (Lipinski definition) is 5. The van der Waals surface area contributed by atoms with Crippen LogP contribution in [0.5, 0.6) is 23.0 Å². The molecule has 6 aromatic rings. The van der Waals surface area contributed by atoms with Crippen LogP contribution in [0.1, 0.15) is 61.3 Å². The number of rotatable bonds is 25. The maximum absolute atomic E-state index is 12.8. The Kier molecular flexibility index (Phi) is 18.6. The summed E-state index contributed by atoms with van der Waals surface area (Å²) in [5.41, 5.74) is 12.9. The van der Waals surface area contributed by atoms with Gasteiger partial charge in [0.25, 0.3) is 0 Å². The molecule has 1 aliphatic heterocycles. The summed E-state index contributed by atoms with van der Waals surface area (Å²) >= 11 is 6.91. The first-order chi connectivity index (χ1) is 33.5. The third kappa shape index (κ3) is 15.1. The van der Waals surface area contributed by atoms with E-state index in [0.29, 0.717) is 91.5 Å². The number of nitrogens with one attached hydrogen (secondary N) is 3. The van der Waals surface area contributed by atoms with Crippen molar-refractivity contribution in [1.82, 2.24) is 34.5 Å². The van der Waals surface area contributed by atoms with E-state index in [1.807, 2.05) is 66.7 Å². The zero-order chi connectivity index (χ0) is 48.6. The van der Waals surface area contributed by atoms with E-state index < -0.39 is 10.0 Å². The first kappa shape index (κ1) is 51.0. The fourth-order valence-electron chi connectivity index (χ4n) is 8.38. The van der Waals surface area contributed by atoms with Gasteiger partial charge in [0.2, 0.25) is 21.9 Å². The van der Waals surface area contributed by atoms with Gasteiger partial charge in [-0.15, -0.1) is 0 Å². The minimum atomic E-state index is -3.40. The first-order valence-corrected chi connectivity index (χ1v) is 26.0. The molecule has 15 nitrogen and oxygen atoms in total. The van der Waals surface area contributed by atoms with Gasteiger partial charge in [0.05, 0.1) is 30.3 Å². The lowest BCUT2D eigenvalue weighted by Gasteiger charge is -2.27. The zero-order valence-electron chi connectivity index (χ0n) is 39.8. The minimum absolute atomic E-state index is 0.0920. The smallest absolute Gasteiger partial charge is 0.223 e. The lowest BCUT2D eigenvalue weighted by Crippen LogP contribution is -2.38. The molecule has 7 rings (SSSR count). The normalized spacial score (nSPS) is 14.0. The summed E-state index contributed by atoms with van der Waals surface area (Å²) in [4.78, 5) is 21.2. The van der Waals surface area contributed by atoms with Gasteiger partial charge in [-0.25, -0.2) is 28.4 Å². The van der Waals surface area contributed by atoms with Gasteiger partial charge in [-0.1, -0.05) is 73.5 Å². The molecule has 0 radical (unpaired) electrons. The van der Waals surface area contributed by atoms with Crippen LogP contribution in [0.2, 0.25) is 5.02 Å². The van der Waals surface area contributed by atoms with Gasteiger partial charge in [-0.2, -0.15) is 4.31 Å². The molecule has 3 heterocycles.